The maximum atomic E-state index is 13.0. The highest BCUT2D eigenvalue weighted by Gasteiger charge is 2.11. The standard InChI is InChI=1S/C13H13F2N3/c1-8-6-17-13(18-7-8)12(16)5-9-2-3-10(14)11(15)4-9/h2-4,6-7,12H,5,16H2,1H3. The molecule has 1 atom stereocenters. The quantitative estimate of drug-likeness (QED) is 0.908. The number of halogens is 2. The summed E-state index contributed by atoms with van der Waals surface area (Å²) in [4.78, 5) is 8.22. The molecule has 1 unspecified atom stereocenters. The number of aromatic nitrogens is 2. The molecule has 3 nitrogen and oxygen atoms in total. The predicted molar refractivity (Wildman–Crippen MR) is 63.8 cm³/mol. The summed E-state index contributed by atoms with van der Waals surface area (Å²) >= 11 is 0. The van der Waals surface area contributed by atoms with E-state index in [4.69, 9.17) is 5.73 Å². The molecular formula is C13H13F2N3. The highest BCUT2D eigenvalue weighted by Crippen LogP contribution is 2.15. The Balaban J connectivity index is 2.13. The van der Waals surface area contributed by atoms with Crippen molar-refractivity contribution >= 4 is 0 Å². The van der Waals surface area contributed by atoms with Crippen molar-refractivity contribution in [3.05, 3.63) is 59.2 Å². The minimum atomic E-state index is -0.871. The Morgan fingerprint density at radius 2 is 1.83 bits per heavy atom. The molecule has 1 aromatic heterocycles. The van der Waals surface area contributed by atoms with Gasteiger partial charge in [-0.1, -0.05) is 6.07 Å². The second kappa shape index (κ2) is 5.18. The molecule has 2 N–H and O–H groups in total. The van der Waals surface area contributed by atoms with Gasteiger partial charge >= 0.3 is 0 Å². The highest BCUT2D eigenvalue weighted by molar-refractivity contribution is 5.20. The van der Waals surface area contributed by atoms with E-state index in [1.807, 2.05) is 6.92 Å². The van der Waals surface area contributed by atoms with E-state index in [2.05, 4.69) is 9.97 Å². The molecule has 2 rings (SSSR count). The summed E-state index contributed by atoms with van der Waals surface area (Å²) in [6.07, 6.45) is 3.71. The van der Waals surface area contributed by atoms with Gasteiger partial charge in [-0.2, -0.15) is 0 Å². The molecule has 0 aliphatic heterocycles. The monoisotopic (exact) mass is 249 g/mol. The molecule has 0 radical (unpaired) electrons. The van der Waals surface area contributed by atoms with E-state index < -0.39 is 17.7 Å². The third-order valence-electron chi connectivity index (χ3n) is 2.57. The second-order valence-electron chi connectivity index (χ2n) is 4.18. The summed E-state index contributed by atoms with van der Waals surface area (Å²) in [5.41, 5.74) is 7.48. The van der Waals surface area contributed by atoms with E-state index in [0.717, 1.165) is 17.7 Å². The lowest BCUT2D eigenvalue weighted by Gasteiger charge is -2.10. The van der Waals surface area contributed by atoms with Crippen molar-refractivity contribution in [3.8, 4) is 0 Å². The lowest BCUT2D eigenvalue weighted by atomic mass is 10.1. The van der Waals surface area contributed by atoms with Crippen molar-refractivity contribution in [2.24, 2.45) is 5.73 Å². The van der Waals surface area contributed by atoms with Crippen LogP contribution < -0.4 is 5.73 Å². The Labute approximate surface area is 104 Å². The number of rotatable bonds is 3. The van der Waals surface area contributed by atoms with Gasteiger partial charge in [0.15, 0.2) is 11.6 Å². The van der Waals surface area contributed by atoms with Crippen LogP contribution in [0.15, 0.2) is 30.6 Å². The number of hydrogen-bond acceptors (Lipinski definition) is 3. The minimum Gasteiger partial charge on any atom is -0.321 e. The Hall–Kier alpha value is -1.88. The van der Waals surface area contributed by atoms with Gasteiger partial charge in [-0.15, -0.1) is 0 Å². The van der Waals surface area contributed by atoms with Crippen molar-refractivity contribution in [2.75, 3.05) is 0 Å². The number of nitrogens with zero attached hydrogens (tertiary/aromatic N) is 2. The van der Waals surface area contributed by atoms with Gasteiger partial charge in [0.25, 0.3) is 0 Å². The number of hydrogen-bond donors (Lipinski definition) is 1. The summed E-state index contributed by atoms with van der Waals surface area (Å²) in [5, 5.41) is 0. The van der Waals surface area contributed by atoms with Gasteiger partial charge in [-0.25, -0.2) is 18.7 Å². The molecule has 0 spiro atoms. The maximum Gasteiger partial charge on any atom is 0.159 e. The SMILES string of the molecule is Cc1cnc(C(N)Cc2ccc(F)c(F)c2)nc1. The van der Waals surface area contributed by atoms with Crippen LogP contribution in [0.25, 0.3) is 0 Å². The molecule has 18 heavy (non-hydrogen) atoms. The van der Waals surface area contributed by atoms with Crippen molar-refractivity contribution in [2.45, 2.75) is 19.4 Å². The zero-order valence-corrected chi connectivity index (χ0v) is 9.90. The molecular weight excluding hydrogens is 236 g/mol. The number of nitrogens with two attached hydrogens (primary N) is 1. The lowest BCUT2D eigenvalue weighted by Crippen LogP contribution is -2.16. The normalized spacial score (nSPS) is 12.4. The third kappa shape index (κ3) is 2.87. The molecule has 0 bridgehead atoms. The zero-order chi connectivity index (χ0) is 13.1. The van der Waals surface area contributed by atoms with Gasteiger partial charge < -0.3 is 5.73 Å². The summed E-state index contributed by atoms with van der Waals surface area (Å²) in [6.45, 7) is 1.88. The van der Waals surface area contributed by atoms with Crippen LogP contribution in [0, 0.1) is 18.6 Å². The van der Waals surface area contributed by atoms with Crippen molar-refractivity contribution in [1.82, 2.24) is 9.97 Å². The van der Waals surface area contributed by atoms with E-state index in [-0.39, 0.29) is 0 Å². The van der Waals surface area contributed by atoms with Crippen LogP contribution in [0.1, 0.15) is 23.0 Å². The van der Waals surface area contributed by atoms with Gasteiger partial charge in [0.1, 0.15) is 5.82 Å². The van der Waals surface area contributed by atoms with E-state index >= 15 is 0 Å². The summed E-state index contributed by atoms with van der Waals surface area (Å²) < 4.78 is 25.8. The molecule has 0 saturated heterocycles. The van der Waals surface area contributed by atoms with Gasteiger partial charge in [0.2, 0.25) is 0 Å². The molecule has 1 aromatic carbocycles. The van der Waals surface area contributed by atoms with E-state index in [1.54, 1.807) is 12.4 Å². The first kappa shape index (κ1) is 12.6. The van der Waals surface area contributed by atoms with E-state index in [9.17, 15) is 8.78 Å². The first-order chi connectivity index (χ1) is 8.56. The topological polar surface area (TPSA) is 51.8 Å². The highest BCUT2D eigenvalue weighted by atomic mass is 19.2. The largest absolute Gasteiger partial charge is 0.321 e. The Kier molecular flexibility index (Phi) is 3.62. The van der Waals surface area contributed by atoms with Crippen molar-refractivity contribution in [1.29, 1.82) is 0 Å². The Bertz CT molecular complexity index is 540. The van der Waals surface area contributed by atoms with Gasteiger partial charge in [-0.05, 0) is 36.6 Å². The average molecular weight is 249 g/mol. The fraction of sp³-hybridized carbons (Fsp3) is 0.231. The predicted octanol–water partition coefficient (Wildman–Crippen LogP) is 2.31. The Morgan fingerprint density at radius 1 is 1.17 bits per heavy atom. The summed E-state index contributed by atoms with van der Waals surface area (Å²) in [5.74, 6) is -1.24. The van der Waals surface area contributed by atoms with Crippen LogP contribution in [0.2, 0.25) is 0 Å². The lowest BCUT2D eigenvalue weighted by molar-refractivity contribution is 0.506. The maximum absolute atomic E-state index is 13.0. The number of aryl methyl sites for hydroxylation is 1. The summed E-state index contributed by atoms with van der Waals surface area (Å²) in [7, 11) is 0. The second-order valence-corrected chi connectivity index (χ2v) is 4.18. The molecule has 0 fully saturated rings. The van der Waals surface area contributed by atoms with Crippen molar-refractivity contribution in [3.63, 3.8) is 0 Å². The molecule has 0 saturated carbocycles. The van der Waals surface area contributed by atoms with Gasteiger partial charge in [0, 0.05) is 12.4 Å². The molecule has 5 heteroatoms. The first-order valence-electron chi connectivity index (χ1n) is 5.54. The van der Waals surface area contributed by atoms with Gasteiger partial charge in [0.05, 0.1) is 6.04 Å². The molecule has 94 valence electrons. The zero-order valence-electron chi connectivity index (χ0n) is 9.90. The van der Waals surface area contributed by atoms with E-state index in [1.165, 1.54) is 6.07 Å². The van der Waals surface area contributed by atoms with Gasteiger partial charge in [-0.3, -0.25) is 0 Å². The van der Waals surface area contributed by atoms with Crippen LogP contribution in [0.3, 0.4) is 0 Å². The Morgan fingerprint density at radius 3 is 2.44 bits per heavy atom. The van der Waals surface area contributed by atoms with Crippen LogP contribution in [0.5, 0.6) is 0 Å². The van der Waals surface area contributed by atoms with Crippen LogP contribution in [-0.4, -0.2) is 9.97 Å². The van der Waals surface area contributed by atoms with Crippen LogP contribution >= 0.6 is 0 Å². The van der Waals surface area contributed by atoms with Crippen molar-refractivity contribution < 1.29 is 8.78 Å². The number of benzene rings is 1. The third-order valence-corrected chi connectivity index (χ3v) is 2.57. The summed E-state index contributed by atoms with van der Waals surface area (Å²) in [6, 6.07) is 3.30. The molecule has 1 heterocycles. The fourth-order valence-corrected chi connectivity index (χ4v) is 1.61. The minimum absolute atomic E-state index is 0.361. The fourth-order valence-electron chi connectivity index (χ4n) is 1.61. The van der Waals surface area contributed by atoms with Crippen LogP contribution in [-0.2, 0) is 6.42 Å². The molecule has 0 aliphatic carbocycles. The molecule has 0 aliphatic rings. The smallest absolute Gasteiger partial charge is 0.159 e. The molecule has 2 aromatic rings. The molecule has 0 amide bonds. The average Bonchev–Trinajstić information content (AvgIpc) is 2.34. The van der Waals surface area contributed by atoms with Crippen LogP contribution in [0.4, 0.5) is 8.78 Å². The van der Waals surface area contributed by atoms with E-state index in [0.29, 0.717) is 17.8 Å². The first-order valence-corrected chi connectivity index (χ1v) is 5.54.